The Kier molecular flexibility index (Phi) is 7.34. The van der Waals surface area contributed by atoms with E-state index in [1.807, 2.05) is 18.2 Å². The van der Waals surface area contributed by atoms with E-state index >= 15 is 0 Å². The van der Waals surface area contributed by atoms with Crippen LogP contribution in [-0.2, 0) is 4.79 Å². The Morgan fingerprint density at radius 1 is 1.28 bits per heavy atom. The highest BCUT2D eigenvalue weighted by molar-refractivity contribution is 6.06. The van der Waals surface area contributed by atoms with Gasteiger partial charge in [-0.25, -0.2) is 9.97 Å². The Morgan fingerprint density at radius 2 is 1.94 bits per heavy atom. The number of nitrogens with one attached hydrogen (secondary N) is 3. The number of nitrogens with two attached hydrogens (primary N) is 1. The quantitative estimate of drug-likeness (QED) is 0.376. The van der Waals surface area contributed by atoms with Crippen LogP contribution in [0.4, 0.5) is 17.3 Å². The number of hydrogen-bond acceptors (Lipinski definition) is 8. The summed E-state index contributed by atoms with van der Waals surface area (Å²) in [6.07, 6.45) is 4.90. The Balaban J connectivity index is 0.000000913. The summed E-state index contributed by atoms with van der Waals surface area (Å²) >= 11 is 0. The molecule has 0 saturated carbocycles. The summed E-state index contributed by atoms with van der Waals surface area (Å²) in [6.45, 7) is 1.38. The monoisotopic (exact) mass is 439 g/mol. The lowest BCUT2D eigenvalue weighted by Crippen LogP contribution is -2.40. The van der Waals surface area contributed by atoms with E-state index in [1.54, 1.807) is 25.5 Å². The number of anilines is 3. The summed E-state index contributed by atoms with van der Waals surface area (Å²) in [4.78, 5) is 46.9. The maximum Gasteiger partial charge on any atom is 0.290 e. The van der Waals surface area contributed by atoms with Gasteiger partial charge < -0.3 is 31.4 Å². The first-order valence-corrected chi connectivity index (χ1v) is 10.0. The highest BCUT2D eigenvalue weighted by Gasteiger charge is 2.18. The molecule has 1 aliphatic rings. The highest BCUT2D eigenvalue weighted by atomic mass is 16.3. The maximum absolute atomic E-state index is 12.6. The van der Waals surface area contributed by atoms with Crippen LogP contribution in [0.3, 0.4) is 0 Å². The fraction of sp³-hybridized carbons (Fsp3) is 0.286. The number of piperidine rings is 1. The molecule has 1 aromatic carbocycles. The number of pyridine rings is 1. The van der Waals surface area contributed by atoms with Gasteiger partial charge >= 0.3 is 0 Å². The summed E-state index contributed by atoms with van der Waals surface area (Å²) in [6, 6.07) is 7.36. The van der Waals surface area contributed by atoms with Crippen molar-refractivity contribution in [1.82, 2.24) is 15.0 Å². The van der Waals surface area contributed by atoms with E-state index in [-0.39, 0.29) is 18.1 Å². The molecule has 6 N–H and O–H groups in total. The molecule has 168 valence electrons. The van der Waals surface area contributed by atoms with E-state index in [0.717, 1.165) is 37.0 Å². The molecule has 0 bridgehead atoms. The molecule has 4 rings (SSSR count). The van der Waals surface area contributed by atoms with Gasteiger partial charge in [0.2, 0.25) is 5.95 Å². The number of nitrogens with zero attached hydrogens (tertiary/aromatic N) is 3. The fourth-order valence-electron chi connectivity index (χ4n) is 3.46. The second kappa shape index (κ2) is 10.4. The van der Waals surface area contributed by atoms with E-state index in [9.17, 15) is 9.59 Å². The van der Waals surface area contributed by atoms with Gasteiger partial charge in [0.15, 0.2) is 0 Å². The lowest BCUT2D eigenvalue weighted by Gasteiger charge is -2.30. The van der Waals surface area contributed by atoms with Crippen molar-refractivity contribution >= 4 is 40.6 Å². The van der Waals surface area contributed by atoms with Crippen LogP contribution >= 0.6 is 0 Å². The molecule has 1 amide bonds. The van der Waals surface area contributed by atoms with Gasteiger partial charge in [-0.2, -0.15) is 0 Å². The van der Waals surface area contributed by atoms with Crippen LogP contribution < -0.4 is 26.8 Å². The predicted molar refractivity (Wildman–Crippen MR) is 122 cm³/mol. The van der Waals surface area contributed by atoms with Gasteiger partial charge in [0.05, 0.1) is 29.3 Å². The molecule has 0 unspecified atom stereocenters. The minimum absolute atomic E-state index is 0.0276. The van der Waals surface area contributed by atoms with Gasteiger partial charge in [-0.1, -0.05) is 12.1 Å². The first kappa shape index (κ1) is 22.7. The number of H-pyrrole nitrogens is 1. The molecular formula is C21H25N7O4. The molecule has 0 spiro atoms. The summed E-state index contributed by atoms with van der Waals surface area (Å²) in [7, 11) is 1.77. The number of rotatable bonds is 4. The number of benzene rings is 1. The Hall–Kier alpha value is -3.99. The molecule has 0 atom stereocenters. The van der Waals surface area contributed by atoms with Gasteiger partial charge in [-0.3, -0.25) is 14.4 Å². The number of carbonyl (C=O) groups excluding carboxylic acids is 1. The van der Waals surface area contributed by atoms with Crippen LogP contribution in [0.15, 0.2) is 41.5 Å². The summed E-state index contributed by atoms with van der Waals surface area (Å²) in [5.74, 6) is 0.0985. The van der Waals surface area contributed by atoms with Gasteiger partial charge in [0.1, 0.15) is 5.56 Å². The second-order valence-electron chi connectivity index (χ2n) is 7.19. The molecule has 1 aliphatic heterocycles. The van der Waals surface area contributed by atoms with Crippen molar-refractivity contribution in [3.63, 3.8) is 0 Å². The maximum atomic E-state index is 12.6. The number of amides is 1. The summed E-state index contributed by atoms with van der Waals surface area (Å²) in [5.41, 5.74) is 7.37. The minimum Gasteiger partial charge on any atom is -0.483 e. The zero-order valence-corrected chi connectivity index (χ0v) is 17.5. The highest BCUT2D eigenvalue weighted by Crippen LogP contribution is 2.21. The van der Waals surface area contributed by atoms with Crippen molar-refractivity contribution in [2.45, 2.75) is 18.9 Å². The van der Waals surface area contributed by atoms with E-state index in [4.69, 9.17) is 15.6 Å². The summed E-state index contributed by atoms with van der Waals surface area (Å²) < 4.78 is 0. The summed E-state index contributed by atoms with van der Waals surface area (Å²) in [5, 5.41) is 13.4. The van der Waals surface area contributed by atoms with Crippen LogP contribution in [0.25, 0.3) is 10.9 Å². The van der Waals surface area contributed by atoms with Gasteiger partial charge in [-0.15, -0.1) is 0 Å². The fourth-order valence-corrected chi connectivity index (χ4v) is 3.46. The lowest BCUT2D eigenvalue weighted by molar-refractivity contribution is -0.122. The molecule has 3 heterocycles. The first-order valence-electron chi connectivity index (χ1n) is 10.0. The number of carboxylic acid groups (broad SMARTS) is 1. The molecule has 1 saturated heterocycles. The third-order valence-corrected chi connectivity index (χ3v) is 5.11. The zero-order chi connectivity index (χ0) is 23.1. The molecule has 11 heteroatoms. The number of hydrogen-bond donors (Lipinski definition) is 5. The molecule has 11 nitrogen and oxygen atoms in total. The molecule has 0 aliphatic carbocycles. The largest absolute Gasteiger partial charge is 0.483 e. The second-order valence-corrected chi connectivity index (χ2v) is 7.19. The number of para-hydroxylation sites is 1. The van der Waals surface area contributed by atoms with Gasteiger partial charge in [-0.05, 0) is 25.0 Å². The molecule has 3 aromatic rings. The molecule has 1 fully saturated rings. The average Bonchev–Trinajstić information content (AvgIpc) is 2.80. The Morgan fingerprint density at radius 3 is 2.56 bits per heavy atom. The molecule has 2 aromatic heterocycles. The number of aromatic amines is 1. The van der Waals surface area contributed by atoms with Crippen molar-refractivity contribution in [3.05, 3.63) is 52.6 Å². The third-order valence-electron chi connectivity index (χ3n) is 5.11. The number of aromatic nitrogens is 3. The smallest absolute Gasteiger partial charge is 0.290 e. The minimum atomic E-state index is -0.511. The van der Waals surface area contributed by atoms with E-state index < -0.39 is 11.5 Å². The van der Waals surface area contributed by atoms with Crippen molar-refractivity contribution in [3.8, 4) is 0 Å². The van der Waals surface area contributed by atoms with Crippen LogP contribution in [0.2, 0.25) is 0 Å². The Bertz CT molecular complexity index is 1140. The SMILES string of the molecule is CNc1cccc2cc(C(=O)Nc3cnc(N4CCC(N)CC4)nc3)c(=O)[nH]c12.O=CO. The van der Waals surface area contributed by atoms with Gasteiger partial charge in [0, 0.05) is 31.6 Å². The normalized spacial score (nSPS) is 13.8. The lowest BCUT2D eigenvalue weighted by atomic mass is 10.1. The van der Waals surface area contributed by atoms with Crippen LogP contribution in [-0.4, -0.2) is 58.6 Å². The molecule has 0 radical (unpaired) electrons. The van der Waals surface area contributed by atoms with Crippen LogP contribution in [0.5, 0.6) is 0 Å². The van der Waals surface area contributed by atoms with E-state index in [2.05, 4.69) is 30.5 Å². The van der Waals surface area contributed by atoms with Crippen molar-refractivity contribution < 1.29 is 14.7 Å². The topological polar surface area (TPSA) is 166 Å². The van der Waals surface area contributed by atoms with Crippen LogP contribution in [0.1, 0.15) is 23.2 Å². The van der Waals surface area contributed by atoms with E-state index in [1.165, 1.54) is 0 Å². The number of carbonyl (C=O) groups is 2. The molecular weight excluding hydrogens is 414 g/mol. The van der Waals surface area contributed by atoms with Crippen molar-refractivity contribution in [2.75, 3.05) is 35.7 Å². The first-order chi connectivity index (χ1) is 15.5. The third kappa shape index (κ3) is 5.19. The van der Waals surface area contributed by atoms with Crippen LogP contribution in [0, 0.1) is 0 Å². The zero-order valence-electron chi connectivity index (χ0n) is 17.5. The van der Waals surface area contributed by atoms with Crippen molar-refractivity contribution in [1.29, 1.82) is 0 Å². The van der Waals surface area contributed by atoms with Gasteiger partial charge in [0.25, 0.3) is 17.9 Å². The molecule has 32 heavy (non-hydrogen) atoms. The van der Waals surface area contributed by atoms with Crippen molar-refractivity contribution in [2.24, 2.45) is 5.73 Å². The van der Waals surface area contributed by atoms with E-state index in [0.29, 0.717) is 17.2 Å². The number of fused-ring (bicyclic) bond motifs is 1. The predicted octanol–water partition coefficient (Wildman–Crippen LogP) is 1.24. The average molecular weight is 439 g/mol. The Labute approximate surface area is 183 Å². The standard InChI is InChI=1S/C20H23N7O2.CH2O2/c1-22-16-4-2-3-12-9-15(19(29)26-17(12)16)18(28)25-14-10-23-20(24-11-14)27-7-5-13(21)6-8-27;2-1-3/h2-4,9-11,13,22H,5-8,21H2,1H3,(H,25,28)(H,26,29);1H,(H,2,3).